The van der Waals surface area contributed by atoms with Gasteiger partial charge in [-0.25, -0.2) is 13.2 Å². The maximum absolute atomic E-state index is 12.8. The molecule has 0 spiro atoms. The zero-order valence-corrected chi connectivity index (χ0v) is 21.2. The second-order valence-corrected chi connectivity index (χ2v) is 10.2. The summed E-state index contributed by atoms with van der Waals surface area (Å²) in [5.41, 5.74) is 1.03. The number of fused-ring (bicyclic) bond motifs is 2. The van der Waals surface area contributed by atoms with E-state index in [4.69, 9.17) is 14.2 Å². The van der Waals surface area contributed by atoms with E-state index in [2.05, 4.69) is 10.0 Å². The molecule has 9 nitrogen and oxygen atoms in total. The van der Waals surface area contributed by atoms with Crippen molar-refractivity contribution in [1.82, 2.24) is 0 Å². The quantitative estimate of drug-likeness (QED) is 0.334. The molecular formula is C28H24N2O7S. The summed E-state index contributed by atoms with van der Waals surface area (Å²) in [5, 5.41) is 4.64. The summed E-state index contributed by atoms with van der Waals surface area (Å²) >= 11 is 0. The Balaban J connectivity index is 1.21. The summed E-state index contributed by atoms with van der Waals surface area (Å²) in [4.78, 5) is 25.3. The summed E-state index contributed by atoms with van der Waals surface area (Å²) in [7, 11) is -3.91. The van der Waals surface area contributed by atoms with Crippen LogP contribution < -0.4 is 19.5 Å². The number of sulfonamides is 1. The molecule has 0 saturated heterocycles. The molecule has 194 valence electrons. The molecule has 0 saturated carbocycles. The van der Waals surface area contributed by atoms with Gasteiger partial charge in [0.05, 0.1) is 10.5 Å². The molecule has 1 heterocycles. The second kappa shape index (κ2) is 10.4. The fraction of sp³-hybridized carbons (Fsp3) is 0.143. The molecule has 0 aromatic heterocycles. The van der Waals surface area contributed by atoms with Crippen LogP contribution in [0.3, 0.4) is 0 Å². The number of benzene rings is 4. The fourth-order valence-corrected chi connectivity index (χ4v) is 5.00. The third-order valence-electron chi connectivity index (χ3n) is 5.90. The van der Waals surface area contributed by atoms with Crippen molar-refractivity contribution in [2.24, 2.45) is 0 Å². The first-order valence-corrected chi connectivity index (χ1v) is 13.3. The molecule has 0 bridgehead atoms. The standard InChI is InChI=1S/C28H24N2O7S/c1-18(27(31)29-24-8-4-6-19-5-2-3-7-23(19)24)37-28(32)20-9-11-21(12-10-20)30-38(33,34)22-13-14-25-26(17-22)36-16-15-35-25/h2-14,17-18,30H,15-16H2,1H3,(H,29,31)/t18-/m0/s1. The van der Waals surface area contributed by atoms with E-state index in [0.717, 1.165) is 10.8 Å². The normalized spacial score (nSPS) is 13.4. The Bertz CT molecular complexity index is 1610. The minimum Gasteiger partial charge on any atom is -0.486 e. The zero-order chi connectivity index (χ0) is 26.7. The average Bonchev–Trinajstić information content (AvgIpc) is 2.93. The van der Waals surface area contributed by atoms with Gasteiger partial charge in [-0.15, -0.1) is 0 Å². The van der Waals surface area contributed by atoms with Gasteiger partial charge in [0.15, 0.2) is 17.6 Å². The van der Waals surface area contributed by atoms with Gasteiger partial charge in [-0.1, -0.05) is 36.4 Å². The number of carbonyl (C=O) groups is 2. The molecule has 1 atom stereocenters. The van der Waals surface area contributed by atoms with Crippen LogP contribution in [-0.2, 0) is 19.6 Å². The van der Waals surface area contributed by atoms with Crippen molar-refractivity contribution >= 4 is 44.0 Å². The van der Waals surface area contributed by atoms with Crippen molar-refractivity contribution in [3.63, 3.8) is 0 Å². The first kappa shape index (κ1) is 25.1. The molecule has 0 unspecified atom stereocenters. The Hall–Kier alpha value is -4.57. The fourth-order valence-electron chi connectivity index (χ4n) is 3.93. The summed E-state index contributed by atoms with van der Waals surface area (Å²) in [6.07, 6.45) is -1.06. The van der Waals surface area contributed by atoms with E-state index in [1.54, 1.807) is 12.1 Å². The van der Waals surface area contributed by atoms with Crippen molar-refractivity contribution in [2.75, 3.05) is 23.3 Å². The van der Waals surface area contributed by atoms with E-state index in [1.165, 1.54) is 43.3 Å². The summed E-state index contributed by atoms with van der Waals surface area (Å²) in [5.74, 6) is -0.348. The van der Waals surface area contributed by atoms with Gasteiger partial charge in [-0.2, -0.15) is 0 Å². The highest BCUT2D eigenvalue weighted by Gasteiger charge is 2.22. The monoisotopic (exact) mass is 532 g/mol. The van der Waals surface area contributed by atoms with Gasteiger partial charge < -0.3 is 19.5 Å². The Morgan fingerprint density at radius 2 is 1.58 bits per heavy atom. The zero-order valence-electron chi connectivity index (χ0n) is 20.3. The number of esters is 1. The average molecular weight is 533 g/mol. The molecule has 1 amide bonds. The first-order chi connectivity index (χ1) is 18.3. The van der Waals surface area contributed by atoms with Gasteiger partial charge >= 0.3 is 5.97 Å². The predicted octanol–water partition coefficient (Wildman–Crippen LogP) is 4.60. The second-order valence-electron chi connectivity index (χ2n) is 8.55. The number of hydrogen-bond donors (Lipinski definition) is 2. The molecule has 1 aliphatic rings. The number of amides is 1. The van der Waals surface area contributed by atoms with E-state index in [0.29, 0.717) is 30.4 Å². The largest absolute Gasteiger partial charge is 0.486 e. The molecular weight excluding hydrogens is 508 g/mol. The van der Waals surface area contributed by atoms with Crippen molar-refractivity contribution in [3.8, 4) is 11.5 Å². The lowest BCUT2D eigenvalue weighted by atomic mass is 10.1. The highest BCUT2D eigenvalue weighted by molar-refractivity contribution is 7.92. The number of ether oxygens (including phenoxy) is 3. The Kier molecular flexibility index (Phi) is 6.89. The lowest BCUT2D eigenvalue weighted by Crippen LogP contribution is -2.30. The van der Waals surface area contributed by atoms with Crippen LogP contribution in [0.25, 0.3) is 10.8 Å². The SMILES string of the molecule is C[C@H](OC(=O)c1ccc(NS(=O)(=O)c2ccc3c(c2)OCCO3)cc1)C(=O)Nc1cccc2ccccc12. The maximum Gasteiger partial charge on any atom is 0.338 e. The summed E-state index contributed by atoms with van der Waals surface area (Å²) in [6, 6.07) is 23.2. The Morgan fingerprint density at radius 3 is 2.37 bits per heavy atom. The van der Waals surface area contributed by atoms with Crippen LogP contribution in [0.5, 0.6) is 11.5 Å². The summed E-state index contributed by atoms with van der Waals surface area (Å²) in [6.45, 7) is 2.22. The van der Waals surface area contributed by atoms with Gasteiger partial charge in [0.25, 0.3) is 15.9 Å². The van der Waals surface area contributed by atoms with Gasteiger partial charge in [0, 0.05) is 22.8 Å². The Morgan fingerprint density at radius 1 is 0.868 bits per heavy atom. The topological polar surface area (TPSA) is 120 Å². The van der Waals surface area contributed by atoms with Gasteiger partial charge in [0.2, 0.25) is 0 Å². The van der Waals surface area contributed by atoms with E-state index in [-0.39, 0.29) is 16.1 Å². The van der Waals surface area contributed by atoms with Crippen LogP contribution >= 0.6 is 0 Å². The molecule has 0 aliphatic carbocycles. The lowest BCUT2D eigenvalue weighted by molar-refractivity contribution is -0.123. The first-order valence-electron chi connectivity index (χ1n) is 11.8. The number of rotatable bonds is 7. The summed E-state index contributed by atoms with van der Waals surface area (Å²) < 4.78 is 44.3. The van der Waals surface area contributed by atoms with Crippen LogP contribution in [0, 0.1) is 0 Å². The van der Waals surface area contributed by atoms with E-state index < -0.39 is 28.0 Å². The van der Waals surface area contributed by atoms with Crippen LogP contribution in [0.1, 0.15) is 17.3 Å². The minimum absolute atomic E-state index is 0.0104. The van der Waals surface area contributed by atoms with E-state index in [1.807, 2.05) is 36.4 Å². The molecule has 4 aromatic rings. The van der Waals surface area contributed by atoms with Crippen LogP contribution in [0.2, 0.25) is 0 Å². The highest BCUT2D eigenvalue weighted by Crippen LogP contribution is 2.32. The van der Waals surface area contributed by atoms with E-state index in [9.17, 15) is 18.0 Å². The van der Waals surface area contributed by atoms with Crippen molar-refractivity contribution < 1.29 is 32.2 Å². The predicted molar refractivity (Wildman–Crippen MR) is 142 cm³/mol. The molecule has 10 heteroatoms. The van der Waals surface area contributed by atoms with Crippen molar-refractivity contribution in [3.05, 3.63) is 90.5 Å². The molecule has 0 radical (unpaired) electrons. The van der Waals surface area contributed by atoms with E-state index >= 15 is 0 Å². The molecule has 4 aromatic carbocycles. The number of anilines is 2. The van der Waals surface area contributed by atoms with Gasteiger partial charge in [-0.05, 0) is 54.8 Å². The third kappa shape index (κ3) is 5.40. The van der Waals surface area contributed by atoms with Crippen molar-refractivity contribution in [1.29, 1.82) is 0 Å². The van der Waals surface area contributed by atoms with Crippen molar-refractivity contribution in [2.45, 2.75) is 17.9 Å². The lowest BCUT2D eigenvalue weighted by Gasteiger charge is -2.19. The highest BCUT2D eigenvalue weighted by atomic mass is 32.2. The van der Waals surface area contributed by atoms with Crippen LogP contribution in [0.15, 0.2) is 89.8 Å². The molecule has 1 aliphatic heterocycles. The number of hydrogen-bond acceptors (Lipinski definition) is 7. The molecule has 2 N–H and O–H groups in total. The number of carbonyl (C=O) groups excluding carboxylic acids is 2. The van der Waals surface area contributed by atoms with Gasteiger partial charge in [-0.3, -0.25) is 9.52 Å². The molecule has 0 fully saturated rings. The maximum atomic E-state index is 12.8. The number of nitrogens with one attached hydrogen (secondary N) is 2. The minimum atomic E-state index is -3.91. The Labute approximate surface area is 219 Å². The third-order valence-corrected chi connectivity index (χ3v) is 7.28. The van der Waals surface area contributed by atoms with Crippen LogP contribution in [0.4, 0.5) is 11.4 Å². The van der Waals surface area contributed by atoms with Crippen LogP contribution in [-0.4, -0.2) is 39.6 Å². The van der Waals surface area contributed by atoms with Gasteiger partial charge in [0.1, 0.15) is 13.2 Å². The molecule has 38 heavy (non-hydrogen) atoms. The smallest absolute Gasteiger partial charge is 0.338 e. The molecule has 5 rings (SSSR count).